The number of aliphatic carboxylic acids is 1. The van der Waals surface area contributed by atoms with Gasteiger partial charge in [0.1, 0.15) is 17.9 Å². The maximum absolute atomic E-state index is 12.3. The van der Waals surface area contributed by atoms with E-state index < -0.39 is 18.4 Å². The minimum Gasteiger partial charge on any atom is -0.480 e. The molecule has 2 heterocycles. The number of carboxylic acids is 1. The molecule has 0 saturated heterocycles. The Bertz CT molecular complexity index is 1350. The van der Waals surface area contributed by atoms with Crippen molar-refractivity contribution >= 4 is 46.2 Å². The number of hydrogen-bond donors (Lipinski definition) is 5. The number of hydrogen-bond acceptors (Lipinski definition) is 6. The number of carbonyl (C=O) groups excluding carboxylic acids is 2. The molecular formula is C23H21ClN6O4. The smallest absolute Gasteiger partial charge is 0.322 e. The fraction of sp³-hybridized carbons (Fsp3) is 0.261. The Labute approximate surface area is 198 Å². The molecule has 4 atom stereocenters. The molecule has 3 aromatic rings. The van der Waals surface area contributed by atoms with Crippen LogP contribution in [0.25, 0.3) is 22.6 Å². The number of aromatic amines is 1. The third-order valence-electron chi connectivity index (χ3n) is 6.37. The molecule has 1 fully saturated rings. The Hall–Kier alpha value is -3.92. The van der Waals surface area contributed by atoms with Gasteiger partial charge in [0.25, 0.3) is 5.91 Å². The summed E-state index contributed by atoms with van der Waals surface area (Å²) in [5.74, 6) is -1.58. The second kappa shape index (κ2) is 8.45. The van der Waals surface area contributed by atoms with E-state index in [-0.39, 0.29) is 29.7 Å². The number of H-pyrrole nitrogens is 1. The van der Waals surface area contributed by atoms with Crippen molar-refractivity contribution in [3.05, 3.63) is 53.2 Å². The number of amides is 2. The molecule has 0 aliphatic heterocycles. The van der Waals surface area contributed by atoms with Crippen LogP contribution in [0.5, 0.6) is 0 Å². The number of halogens is 1. The number of carboxylic acid groups (broad SMARTS) is 1. The molecule has 2 aliphatic rings. The normalized spacial score (nSPS) is 22.7. The van der Waals surface area contributed by atoms with Crippen LogP contribution in [0.4, 0.5) is 5.69 Å². The molecule has 2 aliphatic carbocycles. The summed E-state index contributed by atoms with van der Waals surface area (Å²) in [7, 11) is 0. The molecular weight excluding hydrogens is 460 g/mol. The summed E-state index contributed by atoms with van der Waals surface area (Å²) in [5, 5.41) is 14.9. The molecule has 0 unspecified atom stereocenters. The lowest BCUT2D eigenvalue weighted by molar-refractivity contribution is -0.135. The molecule has 2 aromatic heterocycles. The molecule has 34 heavy (non-hydrogen) atoms. The maximum Gasteiger partial charge on any atom is 0.322 e. The van der Waals surface area contributed by atoms with E-state index in [1.54, 1.807) is 24.3 Å². The van der Waals surface area contributed by atoms with E-state index >= 15 is 0 Å². The van der Waals surface area contributed by atoms with Gasteiger partial charge in [-0.1, -0.05) is 35.9 Å². The number of nitrogens with zero attached hydrogens (tertiary/aromatic N) is 2. The summed E-state index contributed by atoms with van der Waals surface area (Å²) in [6, 6.07) is 6.44. The standard InChI is InChI=1S/C23H21ClN6O4/c24-14-8-26-22-19(18(14)28-17-11-5-4-10(6-11)16(17)20(25)33)29-21(30-22)12-2-1-3-13(7-12)23(34)27-9-15(31)32/h1-5,7-8,10-11,16-17H,6,9H2,(H2,25,33)(H,27,34)(H,31,32)(H2,26,28,29,30)/t10-,11-,16-,17-/m1/s1. The van der Waals surface area contributed by atoms with Gasteiger partial charge >= 0.3 is 5.97 Å². The number of rotatable bonds is 7. The van der Waals surface area contributed by atoms with Crippen LogP contribution in [0, 0.1) is 17.8 Å². The number of benzene rings is 1. The number of pyridine rings is 1. The van der Waals surface area contributed by atoms with Gasteiger partial charge < -0.3 is 26.5 Å². The van der Waals surface area contributed by atoms with Crippen molar-refractivity contribution in [2.45, 2.75) is 12.5 Å². The molecule has 5 rings (SSSR count). The van der Waals surface area contributed by atoms with E-state index in [1.807, 2.05) is 0 Å². The topological polar surface area (TPSA) is 163 Å². The van der Waals surface area contributed by atoms with Crippen molar-refractivity contribution in [3.8, 4) is 11.4 Å². The largest absolute Gasteiger partial charge is 0.480 e. The fourth-order valence-corrected chi connectivity index (χ4v) is 5.05. The Morgan fingerprint density at radius 2 is 2.03 bits per heavy atom. The van der Waals surface area contributed by atoms with Gasteiger partial charge in [-0.25, -0.2) is 9.97 Å². The van der Waals surface area contributed by atoms with Gasteiger partial charge in [-0.2, -0.15) is 0 Å². The van der Waals surface area contributed by atoms with E-state index in [9.17, 15) is 14.4 Å². The van der Waals surface area contributed by atoms with Crippen LogP contribution < -0.4 is 16.4 Å². The number of imidazole rings is 1. The molecule has 6 N–H and O–H groups in total. The van der Waals surface area contributed by atoms with Crippen LogP contribution in [0.3, 0.4) is 0 Å². The highest BCUT2D eigenvalue weighted by Crippen LogP contribution is 2.46. The van der Waals surface area contributed by atoms with Gasteiger partial charge in [-0.15, -0.1) is 0 Å². The molecule has 11 heteroatoms. The first-order valence-corrected chi connectivity index (χ1v) is 11.1. The first-order valence-electron chi connectivity index (χ1n) is 10.7. The second-order valence-electron chi connectivity index (χ2n) is 8.47. The Morgan fingerprint density at radius 1 is 1.24 bits per heavy atom. The first-order chi connectivity index (χ1) is 16.3. The molecule has 10 nitrogen and oxygen atoms in total. The minimum atomic E-state index is -1.13. The van der Waals surface area contributed by atoms with E-state index in [1.165, 1.54) is 6.20 Å². The molecule has 0 spiro atoms. The second-order valence-corrected chi connectivity index (χ2v) is 8.88. The predicted octanol–water partition coefficient (Wildman–Crippen LogP) is 2.18. The third kappa shape index (κ3) is 3.86. The summed E-state index contributed by atoms with van der Waals surface area (Å²) in [5.41, 5.74) is 8.16. The molecule has 2 bridgehead atoms. The molecule has 2 amide bonds. The molecule has 1 aromatic carbocycles. The van der Waals surface area contributed by atoms with Crippen molar-refractivity contribution in [2.24, 2.45) is 23.5 Å². The Kier molecular flexibility index (Phi) is 5.45. The number of nitrogens with one attached hydrogen (secondary N) is 3. The highest BCUT2D eigenvalue weighted by Gasteiger charge is 2.47. The van der Waals surface area contributed by atoms with Gasteiger partial charge in [0.15, 0.2) is 5.65 Å². The van der Waals surface area contributed by atoms with Gasteiger partial charge in [-0.3, -0.25) is 14.4 Å². The zero-order chi connectivity index (χ0) is 24.0. The molecule has 174 valence electrons. The van der Waals surface area contributed by atoms with Crippen LogP contribution in [-0.2, 0) is 9.59 Å². The molecule has 0 radical (unpaired) electrons. The van der Waals surface area contributed by atoms with E-state index in [0.29, 0.717) is 38.8 Å². The van der Waals surface area contributed by atoms with E-state index in [0.717, 1.165) is 6.42 Å². The Morgan fingerprint density at radius 3 is 2.79 bits per heavy atom. The number of nitrogens with two attached hydrogens (primary N) is 1. The third-order valence-corrected chi connectivity index (χ3v) is 6.66. The van der Waals surface area contributed by atoms with Crippen LogP contribution in [0.2, 0.25) is 5.02 Å². The average Bonchev–Trinajstić information content (AvgIpc) is 3.54. The van der Waals surface area contributed by atoms with Crippen LogP contribution >= 0.6 is 11.6 Å². The highest BCUT2D eigenvalue weighted by atomic mass is 35.5. The van der Waals surface area contributed by atoms with Gasteiger partial charge in [-0.05, 0) is 30.4 Å². The van der Waals surface area contributed by atoms with Crippen LogP contribution in [0.1, 0.15) is 16.8 Å². The number of allylic oxidation sites excluding steroid dienone is 1. The van der Waals surface area contributed by atoms with Crippen molar-refractivity contribution in [3.63, 3.8) is 0 Å². The maximum atomic E-state index is 12.3. The Balaban J connectivity index is 1.47. The number of anilines is 1. The summed E-state index contributed by atoms with van der Waals surface area (Å²) in [6.45, 7) is -0.477. The quantitative estimate of drug-likeness (QED) is 0.323. The first kappa shape index (κ1) is 21.9. The summed E-state index contributed by atoms with van der Waals surface area (Å²) >= 11 is 6.49. The summed E-state index contributed by atoms with van der Waals surface area (Å²) in [6.07, 6.45) is 6.51. The SMILES string of the molecule is NC(=O)[C@H]1[C@H](Nc2c(Cl)cnc3nc(-c4cccc(C(=O)NCC(=O)O)c4)[nH]c23)[C@@H]2C=C[C@@H]1C2. The fourth-order valence-electron chi connectivity index (χ4n) is 4.85. The number of aromatic nitrogens is 3. The van der Waals surface area contributed by atoms with Gasteiger partial charge in [0.05, 0.1) is 22.8 Å². The summed E-state index contributed by atoms with van der Waals surface area (Å²) in [4.78, 5) is 47.2. The lowest BCUT2D eigenvalue weighted by Crippen LogP contribution is -2.41. The molecule has 1 saturated carbocycles. The van der Waals surface area contributed by atoms with E-state index in [2.05, 4.69) is 37.7 Å². The minimum absolute atomic E-state index is 0.114. The van der Waals surface area contributed by atoms with Crippen LogP contribution in [-0.4, -0.2) is 50.4 Å². The highest BCUT2D eigenvalue weighted by molar-refractivity contribution is 6.34. The van der Waals surface area contributed by atoms with Crippen molar-refractivity contribution in [1.82, 2.24) is 20.3 Å². The number of fused-ring (bicyclic) bond motifs is 3. The average molecular weight is 481 g/mol. The predicted molar refractivity (Wildman–Crippen MR) is 125 cm³/mol. The van der Waals surface area contributed by atoms with Crippen molar-refractivity contribution < 1.29 is 19.5 Å². The van der Waals surface area contributed by atoms with Gasteiger partial charge in [0.2, 0.25) is 5.91 Å². The lowest BCUT2D eigenvalue weighted by atomic mass is 9.88. The van der Waals surface area contributed by atoms with Gasteiger partial charge in [0, 0.05) is 17.2 Å². The van der Waals surface area contributed by atoms with E-state index in [4.69, 9.17) is 22.4 Å². The lowest BCUT2D eigenvalue weighted by Gasteiger charge is -2.28. The zero-order valence-corrected chi connectivity index (χ0v) is 18.5. The summed E-state index contributed by atoms with van der Waals surface area (Å²) < 4.78 is 0. The zero-order valence-electron chi connectivity index (χ0n) is 17.8. The van der Waals surface area contributed by atoms with Crippen LogP contribution in [0.15, 0.2) is 42.6 Å². The van der Waals surface area contributed by atoms with Crippen molar-refractivity contribution in [2.75, 3.05) is 11.9 Å². The number of carbonyl (C=O) groups is 3. The number of primary amides is 1. The monoisotopic (exact) mass is 480 g/mol. The van der Waals surface area contributed by atoms with Crippen molar-refractivity contribution in [1.29, 1.82) is 0 Å².